The third-order valence-corrected chi connectivity index (χ3v) is 3.74. The van der Waals surface area contributed by atoms with Crippen LogP contribution in [0, 0.1) is 5.41 Å². The van der Waals surface area contributed by atoms with Crippen molar-refractivity contribution in [3.05, 3.63) is 0 Å². The molecule has 0 spiro atoms. The Bertz CT molecular complexity index is 164. The standard InChI is InChI=1S/C13H27NO2/c1-3-13(6-4-7-13)12-14-8-5-9-16-11-10-15-2/h14H,3-12H2,1-2H3. The average molecular weight is 229 g/mol. The molecule has 3 nitrogen and oxygen atoms in total. The molecule has 0 aromatic heterocycles. The van der Waals surface area contributed by atoms with Gasteiger partial charge in [0.25, 0.3) is 0 Å². The quantitative estimate of drug-likeness (QED) is 0.583. The van der Waals surface area contributed by atoms with Crippen LogP contribution in [0.25, 0.3) is 0 Å². The lowest BCUT2D eigenvalue weighted by Crippen LogP contribution is -2.39. The number of ether oxygens (including phenoxy) is 2. The van der Waals surface area contributed by atoms with Gasteiger partial charge in [-0.3, -0.25) is 0 Å². The van der Waals surface area contributed by atoms with Gasteiger partial charge in [0.1, 0.15) is 0 Å². The van der Waals surface area contributed by atoms with E-state index in [0.29, 0.717) is 12.0 Å². The largest absolute Gasteiger partial charge is 0.382 e. The Balaban J connectivity index is 1.84. The van der Waals surface area contributed by atoms with E-state index in [9.17, 15) is 0 Å². The van der Waals surface area contributed by atoms with Gasteiger partial charge >= 0.3 is 0 Å². The molecular weight excluding hydrogens is 202 g/mol. The van der Waals surface area contributed by atoms with Gasteiger partial charge in [-0.15, -0.1) is 0 Å². The van der Waals surface area contributed by atoms with Crippen molar-refractivity contribution in [3.63, 3.8) is 0 Å². The van der Waals surface area contributed by atoms with Crippen LogP contribution in [0.4, 0.5) is 0 Å². The number of hydrogen-bond donors (Lipinski definition) is 1. The van der Waals surface area contributed by atoms with Crippen molar-refractivity contribution < 1.29 is 9.47 Å². The highest BCUT2D eigenvalue weighted by Gasteiger charge is 2.34. The molecule has 0 amide bonds. The van der Waals surface area contributed by atoms with E-state index in [1.807, 2.05) is 0 Å². The maximum absolute atomic E-state index is 5.41. The number of rotatable bonds is 10. The minimum atomic E-state index is 0.636. The van der Waals surface area contributed by atoms with E-state index < -0.39 is 0 Å². The predicted molar refractivity (Wildman–Crippen MR) is 66.8 cm³/mol. The first kappa shape index (κ1) is 13.9. The zero-order valence-electron chi connectivity index (χ0n) is 10.9. The second kappa shape index (κ2) is 8.04. The third-order valence-electron chi connectivity index (χ3n) is 3.74. The van der Waals surface area contributed by atoms with Crippen LogP contribution < -0.4 is 5.32 Å². The van der Waals surface area contributed by atoms with Gasteiger partial charge in [-0.1, -0.05) is 13.3 Å². The molecule has 0 atom stereocenters. The van der Waals surface area contributed by atoms with Gasteiger partial charge < -0.3 is 14.8 Å². The Hall–Kier alpha value is -0.120. The van der Waals surface area contributed by atoms with Gasteiger partial charge in [-0.2, -0.15) is 0 Å². The summed E-state index contributed by atoms with van der Waals surface area (Å²) in [6, 6.07) is 0. The molecule has 0 aromatic carbocycles. The maximum Gasteiger partial charge on any atom is 0.0700 e. The molecule has 1 aliphatic carbocycles. The van der Waals surface area contributed by atoms with E-state index in [4.69, 9.17) is 9.47 Å². The van der Waals surface area contributed by atoms with E-state index in [0.717, 1.165) is 26.2 Å². The summed E-state index contributed by atoms with van der Waals surface area (Å²) in [7, 11) is 1.70. The SMILES string of the molecule is CCC1(CNCCCOCCOC)CCC1. The molecule has 96 valence electrons. The first-order chi connectivity index (χ1) is 7.83. The first-order valence-corrected chi connectivity index (χ1v) is 6.60. The van der Waals surface area contributed by atoms with Crippen LogP contribution in [0.15, 0.2) is 0 Å². The van der Waals surface area contributed by atoms with Crippen molar-refractivity contribution in [1.29, 1.82) is 0 Å². The van der Waals surface area contributed by atoms with Crippen LogP contribution in [0.3, 0.4) is 0 Å². The van der Waals surface area contributed by atoms with E-state index >= 15 is 0 Å². The van der Waals surface area contributed by atoms with Gasteiger partial charge in [0.05, 0.1) is 13.2 Å². The summed E-state index contributed by atoms with van der Waals surface area (Å²) >= 11 is 0. The Kier molecular flexibility index (Phi) is 7.01. The van der Waals surface area contributed by atoms with E-state index in [2.05, 4.69) is 12.2 Å². The summed E-state index contributed by atoms with van der Waals surface area (Å²) in [5.41, 5.74) is 0.636. The molecule has 0 heterocycles. The lowest BCUT2D eigenvalue weighted by molar-refractivity contribution is 0.0682. The van der Waals surface area contributed by atoms with Crippen LogP contribution in [-0.4, -0.2) is 40.0 Å². The molecule has 1 saturated carbocycles. The van der Waals surface area contributed by atoms with Crippen LogP contribution in [0.5, 0.6) is 0 Å². The Morgan fingerprint density at radius 3 is 2.56 bits per heavy atom. The molecule has 1 rings (SSSR count). The highest BCUT2D eigenvalue weighted by molar-refractivity contribution is 4.88. The molecule has 0 saturated heterocycles. The fourth-order valence-corrected chi connectivity index (χ4v) is 2.23. The van der Waals surface area contributed by atoms with Crippen molar-refractivity contribution >= 4 is 0 Å². The molecule has 1 aliphatic rings. The number of hydrogen-bond acceptors (Lipinski definition) is 3. The summed E-state index contributed by atoms with van der Waals surface area (Å²) in [5, 5.41) is 3.56. The van der Waals surface area contributed by atoms with Gasteiger partial charge in [0.2, 0.25) is 0 Å². The lowest BCUT2D eigenvalue weighted by atomic mass is 9.67. The first-order valence-electron chi connectivity index (χ1n) is 6.60. The van der Waals surface area contributed by atoms with Crippen LogP contribution in [-0.2, 0) is 9.47 Å². The number of nitrogens with one attached hydrogen (secondary N) is 1. The average Bonchev–Trinajstić information content (AvgIpc) is 2.25. The fraction of sp³-hybridized carbons (Fsp3) is 1.00. The molecular formula is C13H27NO2. The smallest absolute Gasteiger partial charge is 0.0700 e. The normalized spacial score (nSPS) is 18.4. The zero-order valence-corrected chi connectivity index (χ0v) is 10.9. The minimum Gasteiger partial charge on any atom is -0.382 e. The van der Waals surface area contributed by atoms with Gasteiger partial charge in [-0.25, -0.2) is 0 Å². The van der Waals surface area contributed by atoms with E-state index in [1.54, 1.807) is 7.11 Å². The monoisotopic (exact) mass is 229 g/mol. The highest BCUT2D eigenvalue weighted by Crippen LogP contribution is 2.42. The van der Waals surface area contributed by atoms with Crippen molar-refractivity contribution in [2.24, 2.45) is 5.41 Å². The summed E-state index contributed by atoms with van der Waals surface area (Å²) in [4.78, 5) is 0. The van der Waals surface area contributed by atoms with Gasteiger partial charge in [0.15, 0.2) is 0 Å². The van der Waals surface area contributed by atoms with Crippen molar-refractivity contribution in [3.8, 4) is 0 Å². The van der Waals surface area contributed by atoms with Crippen molar-refractivity contribution in [2.45, 2.75) is 39.0 Å². The fourth-order valence-electron chi connectivity index (χ4n) is 2.23. The Morgan fingerprint density at radius 2 is 2.00 bits per heavy atom. The molecule has 0 unspecified atom stereocenters. The van der Waals surface area contributed by atoms with Crippen LogP contribution in [0.2, 0.25) is 0 Å². The topological polar surface area (TPSA) is 30.5 Å². The van der Waals surface area contributed by atoms with Gasteiger partial charge in [0, 0.05) is 20.3 Å². The summed E-state index contributed by atoms with van der Waals surface area (Å²) < 4.78 is 10.3. The molecule has 1 fully saturated rings. The molecule has 0 aromatic rings. The summed E-state index contributed by atoms with van der Waals surface area (Å²) in [6.07, 6.45) is 6.69. The lowest BCUT2D eigenvalue weighted by Gasteiger charge is -2.41. The van der Waals surface area contributed by atoms with Crippen molar-refractivity contribution in [1.82, 2.24) is 5.32 Å². The zero-order chi connectivity index (χ0) is 11.7. The van der Waals surface area contributed by atoms with Gasteiger partial charge in [-0.05, 0) is 37.6 Å². The second-order valence-electron chi connectivity index (χ2n) is 4.84. The molecule has 0 radical (unpaired) electrons. The number of methoxy groups -OCH3 is 1. The van der Waals surface area contributed by atoms with Crippen LogP contribution in [0.1, 0.15) is 39.0 Å². The molecule has 16 heavy (non-hydrogen) atoms. The van der Waals surface area contributed by atoms with Crippen LogP contribution >= 0.6 is 0 Å². The Labute approximate surface area is 99.9 Å². The molecule has 3 heteroatoms. The van der Waals surface area contributed by atoms with Crippen molar-refractivity contribution in [2.75, 3.05) is 40.0 Å². The maximum atomic E-state index is 5.41. The minimum absolute atomic E-state index is 0.636. The Morgan fingerprint density at radius 1 is 1.19 bits per heavy atom. The van der Waals surface area contributed by atoms with E-state index in [1.165, 1.54) is 32.2 Å². The molecule has 0 bridgehead atoms. The highest BCUT2D eigenvalue weighted by atomic mass is 16.5. The second-order valence-corrected chi connectivity index (χ2v) is 4.84. The molecule has 0 aliphatic heterocycles. The summed E-state index contributed by atoms with van der Waals surface area (Å²) in [5.74, 6) is 0. The summed E-state index contributed by atoms with van der Waals surface area (Å²) in [6.45, 7) is 6.85. The van der Waals surface area contributed by atoms with E-state index in [-0.39, 0.29) is 0 Å². The predicted octanol–water partition coefficient (Wildman–Crippen LogP) is 2.21. The third kappa shape index (κ3) is 4.81. The molecule has 1 N–H and O–H groups in total.